The van der Waals surface area contributed by atoms with Crippen molar-refractivity contribution in [3.8, 4) is 0 Å². The van der Waals surface area contributed by atoms with Gasteiger partial charge in [0.05, 0.1) is 31.2 Å². The number of aliphatic hydroxyl groups excluding tert-OH is 1. The van der Waals surface area contributed by atoms with Crippen LogP contribution in [0.2, 0.25) is 0 Å². The first-order valence-electron chi connectivity index (χ1n) is 20.1. The molecule has 2 fully saturated rings. The molecule has 6 atom stereocenters. The number of nitrogens with two attached hydrogens (primary N) is 1. The molecule has 0 bridgehead atoms. The number of aliphatic hydroxyl groups is 1. The van der Waals surface area contributed by atoms with Crippen LogP contribution in [0.5, 0.6) is 0 Å². The predicted molar refractivity (Wildman–Crippen MR) is 212 cm³/mol. The van der Waals surface area contributed by atoms with Crippen LogP contribution in [0.15, 0.2) is 67.3 Å². The lowest BCUT2D eigenvalue weighted by Crippen LogP contribution is -2.63. The van der Waals surface area contributed by atoms with E-state index in [2.05, 4.69) is 30.9 Å². The minimum atomic E-state index is -1.09. The molecule has 1 aliphatic carbocycles. The molecule has 0 spiro atoms. The van der Waals surface area contributed by atoms with Crippen molar-refractivity contribution in [2.45, 2.75) is 127 Å². The smallest absolute Gasteiger partial charge is 0.408 e. The Balaban J connectivity index is 1.39. The van der Waals surface area contributed by atoms with E-state index in [0.717, 1.165) is 49.8 Å². The fourth-order valence-corrected chi connectivity index (χ4v) is 8.38. The number of amides is 4. The van der Waals surface area contributed by atoms with E-state index in [0.29, 0.717) is 48.4 Å². The molecule has 14 nitrogen and oxygen atoms in total. The van der Waals surface area contributed by atoms with Gasteiger partial charge in [0.25, 0.3) is 5.91 Å². The molecule has 1 saturated carbocycles. The average molecular weight is 774 g/mol. The Bertz CT molecular complexity index is 1700. The van der Waals surface area contributed by atoms with Crippen LogP contribution >= 0.6 is 0 Å². The van der Waals surface area contributed by atoms with Crippen LogP contribution in [-0.2, 0) is 38.4 Å². The molecule has 4 amide bonds. The van der Waals surface area contributed by atoms with E-state index in [9.17, 15) is 24.3 Å². The number of imidazole rings is 1. The first-order chi connectivity index (χ1) is 26.8. The van der Waals surface area contributed by atoms with Gasteiger partial charge >= 0.3 is 6.09 Å². The van der Waals surface area contributed by atoms with Crippen LogP contribution in [0.3, 0.4) is 0 Å². The lowest BCUT2D eigenvalue weighted by molar-refractivity contribution is -0.933. The highest BCUT2D eigenvalue weighted by Crippen LogP contribution is 2.32. The highest BCUT2D eigenvalue weighted by Gasteiger charge is 2.47. The molecule has 7 N–H and O–H groups in total. The lowest BCUT2D eigenvalue weighted by atomic mass is 9.83. The largest absolute Gasteiger partial charge is 0.444 e. The van der Waals surface area contributed by atoms with Crippen LogP contribution in [0.4, 0.5) is 4.79 Å². The van der Waals surface area contributed by atoms with Gasteiger partial charge < -0.3 is 41.0 Å². The fraction of sp³-hybridized carbons (Fsp3) is 0.571. The zero-order chi connectivity index (χ0) is 40.1. The summed E-state index contributed by atoms with van der Waals surface area (Å²) in [6, 6.07) is 11.7. The van der Waals surface area contributed by atoms with E-state index >= 15 is 0 Å². The third kappa shape index (κ3) is 12.6. The van der Waals surface area contributed by atoms with Gasteiger partial charge in [-0.25, -0.2) is 9.78 Å². The monoisotopic (exact) mass is 773 g/mol. The molecule has 3 aromatic rings. The number of primary amides is 1. The molecule has 1 aromatic carbocycles. The number of quaternary nitrogens is 1. The number of carbonyl (C=O) groups is 4. The number of nitrogens with one attached hydrogen (secondary N) is 4. The summed E-state index contributed by atoms with van der Waals surface area (Å²) in [6.45, 7) is 6.69. The van der Waals surface area contributed by atoms with Gasteiger partial charge in [0, 0.05) is 50.2 Å². The van der Waals surface area contributed by atoms with Crippen LogP contribution in [0.1, 0.15) is 89.1 Å². The molecule has 14 heteroatoms. The number of carbonyl (C=O) groups excluding carboxylic acids is 4. The molecular weight excluding hydrogens is 713 g/mol. The first-order valence-corrected chi connectivity index (χ1v) is 20.1. The number of hydrogen-bond acceptors (Lipinski definition) is 8. The van der Waals surface area contributed by atoms with Gasteiger partial charge in [-0.05, 0) is 50.8 Å². The Morgan fingerprint density at radius 2 is 1.61 bits per heavy atom. The second-order valence-electron chi connectivity index (χ2n) is 16.6. The van der Waals surface area contributed by atoms with Crippen molar-refractivity contribution < 1.29 is 33.5 Å². The molecule has 0 radical (unpaired) electrons. The first kappa shape index (κ1) is 42.3. The summed E-state index contributed by atoms with van der Waals surface area (Å²) < 4.78 is 5.80. The van der Waals surface area contributed by atoms with Crippen molar-refractivity contribution in [2.75, 3.05) is 19.6 Å². The number of nitrogens with zero attached hydrogens (tertiary/aromatic N) is 3. The van der Waals surface area contributed by atoms with E-state index in [-0.39, 0.29) is 19.4 Å². The van der Waals surface area contributed by atoms with Gasteiger partial charge in [0.15, 0.2) is 6.04 Å². The van der Waals surface area contributed by atoms with Gasteiger partial charge in [0.1, 0.15) is 30.3 Å². The molecule has 3 unspecified atom stereocenters. The molecule has 1 aliphatic heterocycles. The summed E-state index contributed by atoms with van der Waals surface area (Å²) in [4.78, 5) is 66.1. The van der Waals surface area contributed by atoms with Crippen LogP contribution in [-0.4, -0.2) is 104 Å². The molecule has 2 aromatic heterocycles. The van der Waals surface area contributed by atoms with Crippen LogP contribution < -0.4 is 21.7 Å². The summed E-state index contributed by atoms with van der Waals surface area (Å²) in [5.41, 5.74) is 7.47. The van der Waals surface area contributed by atoms with Crippen molar-refractivity contribution in [3.63, 3.8) is 0 Å². The fourth-order valence-electron chi connectivity index (χ4n) is 8.38. The van der Waals surface area contributed by atoms with Gasteiger partial charge in [-0.2, -0.15) is 0 Å². The van der Waals surface area contributed by atoms with E-state index in [4.69, 9.17) is 10.5 Å². The van der Waals surface area contributed by atoms with E-state index in [1.807, 2.05) is 48.5 Å². The normalized spacial score (nSPS) is 21.0. The number of ether oxygens (including phenoxy) is 1. The van der Waals surface area contributed by atoms with Crippen molar-refractivity contribution >= 4 is 23.8 Å². The predicted octanol–water partition coefficient (Wildman–Crippen LogP) is 3.49. The minimum Gasteiger partial charge on any atom is -0.444 e. The van der Waals surface area contributed by atoms with Crippen LogP contribution in [0, 0.1) is 5.92 Å². The number of aromatic amines is 1. The number of rotatable bonds is 18. The number of pyridine rings is 1. The Kier molecular flexibility index (Phi) is 15.0. The quantitative estimate of drug-likeness (QED) is 0.106. The summed E-state index contributed by atoms with van der Waals surface area (Å²) in [6.07, 6.45) is 11.3. The number of aromatic nitrogens is 3. The third-order valence-corrected chi connectivity index (χ3v) is 11.2. The van der Waals surface area contributed by atoms with Crippen molar-refractivity contribution in [1.29, 1.82) is 0 Å². The molecule has 3 heterocycles. The molecule has 1 saturated heterocycles. The Labute approximate surface area is 330 Å². The molecule has 5 rings (SSSR count). The van der Waals surface area contributed by atoms with Crippen LogP contribution in [0.25, 0.3) is 0 Å². The van der Waals surface area contributed by atoms with Crippen molar-refractivity contribution in [1.82, 2.24) is 30.9 Å². The van der Waals surface area contributed by atoms with Gasteiger partial charge in [-0.15, -0.1) is 0 Å². The van der Waals surface area contributed by atoms with E-state index in [1.54, 1.807) is 33.2 Å². The highest BCUT2D eigenvalue weighted by molar-refractivity contribution is 5.91. The zero-order valence-electron chi connectivity index (χ0n) is 33.1. The molecule has 304 valence electrons. The Hall–Kier alpha value is -4.82. The minimum absolute atomic E-state index is 0.0611. The Morgan fingerprint density at radius 1 is 0.893 bits per heavy atom. The SMILES string of the molecule is CC(C)(C)OC(=O)N[C@@H](Cc1ccccc1)C(=O)N[C@@H](Cc1c[nH]cn1)C(=O)NC(CC1CCCCC1)C(O)C[N+]1(CCc2ccccn2)CCC[C@H]1C(N)=O. The van der Waals surface area contributed by atoms with Crippen molar-refractivity contribution in [2.24, 2.45) is 11.7 Å². The topological polar surface area (TPSA) is 201 Å². The van der Waals surface area contributed by atoms with Gasteiger partial charge in [0.2, 0.25) is 11.8 Å². The molecule has 2 aliphatic rings. The van der Waals surface area contributed by atoms with E-state index < -0.39 is 59.7 Å². The number of alkyl carbamates (subject to hydrolysis) is 1. The second kappa shape index (κ2) is 19.9. The summed E-state index contributed by atoms with van der Waals surface area (Å²) in [5.74, 6) is -1.15. The lowest BCUT2D eigenvalue weighted by Gasteiger charge is -2.42. The summed E-state index contributed by atoms with van der Waals surface area (Å²) >= 11 is 0. The Morgan fingerprint density at radius 3 is 2.27 bits per heavy atom. The maximum atomic E-state index is 14.5. The van der Waals surface area contributed by atoms with Gasteiger partial charge in [-0.3, -0.25) is 19.4 Å². The van der Waals surface area contributed by atoms with E-state index in [1.165, 1.54) is 6.33 Å². The zero-order valence-corrected chi connectivity index (χ0v) is 33.1. The number of likely N-dealkylation sites (tertiary alicyclic amines) is 1. The maximum Gasteiger partial charge on any atom is 0.408 e. The molecular formula is C42H61N8O6+. The summed E-state index contributed by atoms with van der Waals surface area (Å²) in [7, 11) is 0. The van der Waals surface area contributed by atoms with Gasteiger partial charge in [-0.1, -0.05) is 68.5 Å². The number of benzene rings is 1. The maximum absolute atomic E-state index is 14.5. The average Bonchev–Trinajstić information content (AvgIpc) is 3.84. The highest BCUT2D eigenvalue weighted by atomic mass is 16.6. The number of H-pyrrole nitrogens is 1. The standard InChI is InChI=1S/C42H60N8O6/c1-42(2,3)56-41(55)49-34(24-30-15-8-5-9-16-30)39(53)48-35(25-32-26-44-28-46-32)40(54)47-33(23-29-13-6-4-7-14-29)37(51)27-50(21-12-18-36(50)38(43)52)22-19-31-17-10-11-20-45-31/h5,8-11,15-17,20,26,28-29,33-37,51H,4,6-7,12-14,18-19,21-25,27H2,1-3H3,(H5-,43,44,46,47,48,49,52,53,54,55)/p+1/t33?,34-,35-,36-,37?,50?/m0/s1. The van der Waals surface area contributed by atoms with Crippen molar-refractivity contribution in [3.05, 3.63) is 84.2 Å². The number of hydrogen-bond donors (Lipinski definition) is 6. The third-order valence-electron chi connectivity index (χ3n) is 11.2. The summed E-state index contributed by atoms with van der Waals surface area (Å²) in [5, 5.41) is 21.0. The second-order valence-corrected chi connectivity index (χ2v) is 16.6. The molecule has 56 heavy (non-hydrogen) atoms.